The van der Waals surface area contributed by atoms with Crippen LogP contribution in [0.4, 0.5) is 5.95 Å². The second kappa shape index (κ2) is 7.63. The molecule has 7 heteroatoms. The molecule has 0 aliphatic carbocycles. The van der Waals surface area contributed by atoms with E-state index in [4.69, 9.17) is 0 Å². The Morgan fingerprint density at radius 2 is 1.67 bits per heavy atom. The van der Waals surface area contributed by atoms with Gasteiger partial charge in [-0.25, -0.2) is 24.3 Å². The third kappa shape index (κ3) is 3.44. The summed E-state index contributed by atoms with van der Waals surface area (Å²) in [6.07, 6.45) is 5.22. The van der Waals surface area contributed by atoms with Gasteiger partial charge in [0.1, 0.15) is 5.82 Å². The highest BCUT2D eigenvalue weighted by Gasteiger charge is 2.11. The fraction of sp³-hybridized carbons (Fsp3) is 0.0435. The van der Waals surface area contributed by atoms with Gasteiger partial charge >= 0.3 is 5.69 Å². The molecule has 2 N–H and O–H groups in total. The number of anilines is 1. The molecule has 0 spiro atoms. The second-order valence-electron chi connectivity index (χ2n) is 6.82. The van der Waals surface area contributed by atoms with Crippen molar-refractivity contribution in [2.45, 2.75) is 6.54 Å². The van der Waals surface area contributed by atoms with E-state index in [-0.39, 0.29) is 5.69 Å². The molecule has 0 radical (unpaired) electrons. The smallest absolute Gasteiger partial charge is 0.332 e. The van der Waals surface area contributed by atoms with Gasteiger partial charge in [-0.05, 0) is 35.4 Å². The first-order valence-corrected chi connectivity index (χ1v) is 9.54. The first kappa shape index (κ1) is 17.8. The zero-order chi connectivity index (χ0) is 20.3. The number of pyridine rings is 1. The number of imidazole rings is 1. The molecule has 0 atom stereocenters. The predicted molar refractivity (Wildman–Crippen MR) is 116 cm³/mol. The average Bonchev–Trinajstić information content (AvgIpc) is 3.14. The number of benzene rings is 2. The first-order chi connectivity index (χ1) is 14.8. The van der Waals surface area contributed by atoms with E-state index in [2.05, 4.69) is 37.4 Å². The molecule has 3 aromatic heterocycles. The molecule has 5 aromatic rings. The number of H-pyrrole nitrogens is 1. The molecule has 0 unspecified atom stereocenters. The van der Waals surface area contributed by atoms with Crippen molar-refractivity contribution in [1.82, 2.24) is 24.5 Å². The first-order valence-electron chi connectivity index (χ1n) is 9.54. The van der Waals surface area contributed by atoms with E-state index in [1.807, 2.05) is 48.5 Å². The maximum absolute atomic E-state index is 12.5. The molecule has 3 heterocycles. The number of aromatic amines is 1. The van der Waals surface area contributed by atoms with Gasteiger partial charge in [-0.2, -0.15) is 0 Å². The topological polar surface area (TPSA) is 88.5 Å². The van der Waals surface area contributed by atoms with Crippen LogP contribution in [0.5, 0.6) is 0 Å². The van der Waals surface area contributed by atoms with E-state index < -0.39 is 0 Å². The summed E-state index contributed by atoms with van der Waals surface area (Å²) in [6.45, 7) is 0.659. The molecular weight excluding hydrogens is 376 g/mol. The van der Waals surface area contributed by atoms with Crippen LogP contribution in [0.3, 0.4) is 0 Å². The van der Waals surface area contributed by atoms with Gasteiger partial charge in [0.15, 0.2) is 0 Å². The van der Waals surface area contributed by atoms with Gasteiger partial charge in [-0.1, -0.05) is 42.5 Å². The van der Waals surface area contributed by atoms with E-state index in [0.717, 1.165) is 27.7 Å². The SMILES string of the molecule is O=c1[nH]c2ccc(-c3cnc(NCc4ccccc4)nc3)cc2n1-c1ccccn1. The Morgan fingerprint density at radius 1 is 0.867 bits per heavy atom. The van der Waals surface area contributed by atoms with Gasteiger partial charge in [0.05, 0.1) is 11.0 Å². The molecule has 0 fully saturated rings. The lowest BCUT2D eigenvalue weighted by Crippen LogP contribution is -2.15. The van der Waals surface area contributed by atoms with Crippen LogP contribution in [0.1, 0.15) is 5.56 Å². The molecule has 0 amide bonds. The average molecular weight is 394 g/mol. The van der Waals surface area contributed by atoms with E-state index in [9.17, 15) is 4.79 Å². The third-order valence-corrected chi connectivity index (χ3v) is 4.84. The lowest BCUT2D eigenvalue weighted by Gasteiger charge is -2.07. The number of nitrogens with zero attached hydrogens (tertiary/aromatic N) is 4. The largest absolute Gasteiger partial charge is 0.350 e. The highest BCUT2D eigenvalue weighted by molar-refractivity contribution is 5.83. The quantitative estimate of drug-likeness (QED) is 0.474. The van der Waals surface area contributed by atoms with Gasteiger partial charge in [-0.3, -0.25) is 0 Å². The molecule has 2 aromatic carbocycles. The minimum Gasteiger partial charge on any atom is -0.350 e. The number of hydrogen-bond donors (Lipinski definition) is 2. The highest BCUT2D eigenvalue weighted by Crippen LogP contribution is 2.24. The van der Waals surface area contributed by atoms with Crippen LogP contribution in [-0.2, 0) is 6.54 Å². The predicted octanol–water partition coefficient (Wildman–Crippen LogP) is 3.78. The molecular formula is C23H18N6O. The Bertz CT molecular complexity index is 1340. The van der Waals surface area contributed by atoms with Crippen molar-refractivity contribution in [3.05, 3.63) is 101 Å². The van der Waals surface area contributed by atoms with E-state index in [1.54, 1.807) is 29.2 Å². The maximum atomic E-state index is 12.5. The fourth-order valence-corrected chi connectivity index (χ4v) is 3.34. The number of hydrogen-bond acceptors (Lipinski definition) is 5. The van der Waals surface area contributed by atoms with Crippen LogP contribution in [0.15, 0.2) is 90.1 Å². The van der Waals surface area contributed by atoms with Crippen LogP contribution in [0, 0.1) is 0 Å². The molecule has 7 nitrogen and oxygen atoms in total. The molecule has 0 aliphatic heterocycles. The van der Waals surface area contributed by atoms with Crippen molar-refractivity contribution >= 4 is 17.0 Å². The van der Waals surface area contributed by atoms with Gasteiger partial charge in [0.2, 0.25) is 5.95 Å². The summed E-state index contributed by atoms with van der Waals surface area (Å²) in [5.41, 5.74) is 4.22. The van der Waals surface area contributed by atoms with Crippen molar-refractivity contribution in [2.24, 2.45) is 0 Å². The summed E-state index contributed by atoms with van der Waals surface area (Å²) >= 11 is 0. The minimum absolute atomic E-state index is 0.224. The lowest BCUT2D eigenvalue weighted by atomic mass is 10.1. The maximum Gasteiger partial charge on any atom is 0.332 e. The Balaban J connectivity index is 1.44. The Labute approximate surface area is 172 Å². The van der Waals surface area contributed by atoms with Crippen molar-refractivity contribution in [3.8, 4) is 16.9 Å². The third-order valence-electron chi connectivity index (χ3n) is 4.84. The van der Waals surface area contributed by atoms with Crippen molar-refractivity contribution < 1.29 is 0 Å². The van der Waals surface area contributed by atoms with Gasteiger partial charge in [0, 0.05) is 30.7 Å². The number of rotatable bonds is 5. The van der Waals surface area contributed by atoms with Crippen LogP contribution in [0.2, 0.25) is 0 Å². The number of nitrogens with one attached hydrogen (secondary N) is 2. The van der Waals surface area contributed by atoms with E-state index >= 15 is 0 Å². The normalized spacial score (nSPS) is 10.9. The zero-order valence-corrected chi connectivity index (χ0v) is 16.0. The summed E-state index contributed by atoms with van der Waals surface area (Å²) in [5.74, 6) is 1.14. The lowest BCUT2D eigenvalue weighted by molar-refractivity contribution is 0.966. The van der Waals surface area contributed by atoms with Crippen LogP contribution in [-0.4, -0.2) is 24.5 Å². The molecule has 30 heavy (non-hydrogen) atoms. The molecule has 0 bridgehead atoms. The summed E-state index contributed by atoms with van der Waals surface area (Å²) in [5, 5.41) is 3.22. The van der Waals surface area contributed by atoms with Crippen molar-refractivity contribution in [1.29, 1.82) is 0 Å². The summed E-state index contributed by atoms with van der Waals surface area (Å²) < 4.78 is 1.56. The Kier molecular flexibility index (Phi) is 4.53. The number of fused-ring (bicyclic) bond motifs is 1. The minimum atomic E-state index is -0.224. The van der Waals surface area contributed by atoms with Crippen molar-refractivity contribution in [3.63, 3.8) is 0 Å². The second-order valence-corrected chi connectivity index (χ2v) is 6.82. The number of aromatic nitrogens is 5. The van der Waals surface area contributed by atoms with Crippen LogP contribution >= 0.6 is 0 Å². The molecule has 0 aliphatic rings. The molecule has 146 valence electrons. The fourth-order valence-electron chi connectivity index (χ4n) is 3.34. The zero-order valence-electron chi connectivity index (χ0n) is 16.0. The van der Waals surface area contributed by atoms with Crippen LogP contribution in [0.25, 0.3) is 28.0 Å². The molecule has 0 saturated heterocycles. The summed E-state index contributed by atoms with van der Waals surface area (Å²) in [7, 11) is 0. The van der Waals surface area contributed by atoms with Gasteiger partial charge < -0.3 is 10.3 Å². The Morgan fingerprint density at radius 3 is 2.43 bits per heavy atom. The van der Waals surface area contributed by atoms with E-state index in [0.29, 0.717) is 18.3 Å². The standard InChI is InChI=1S/C23H18N6O/c30-23-28-19-10-9-17(12-20(19)29(23)21-8-4-5-11-24-21)18-14-26-22(27-15-18)25-13-16-6-2-1-3-7-16/h1-12,14-15H,13H2,(H,28,30)(H,25,26,27). The molecule has 0 saturated carbocycles. The van der Waals surface area contributed by atoms with E-state index in [1.165, 1.54) is 0 Å². The van der Waals surface area contributed by atoms with Crippen LogP contribution < -0.4 is 11.0 Å². The van der Waals surface area contributed by atoms with Gasteiger partial charge in [0.25, 0.3) is 0 Å². The monoisotopic (exact) mass is 394 g/mol. The molecule has 5 rings (SSSR count). The Hall–Kier alpha value is -4.26. The van der Waals surface area contributed by atoms with Crippen molar-refractivity contribution in [2.75, 3.05) is 5.32 Å². The summed E-state index contributed by atoms with van der Waals surface area (Å²) in [4.78, 5) is 28.5. The van der Waals surface area contributed by atoms with Gasteiger partial charge in [-0.15, -0.1) is 0 Å². The highest BCUT2D eigenvalue weighted by atomic mass is 16.1. The summed E-state index contributed by atoms with van der Waals surface area (Å²) in [6, 6.07) is 21.3.